The summed E-state index contributed by atoms with van der Waals surface area (Å²) in [5.41, 5.74) is 2.60. The van der Waals surface area contributed by atoms with E-state index >= 15 is 0 Å². The predicted molar refractivity (Wildman–Crippen MR) is 80.6 cm³/mol. The fourth-order valence-electron chi connectivity index (χ4n) is 1.99. The smallest absolute Gasteiger partial charge is 0.205 e. The number of aliphatic imine (C=N–C) groups is 1. The molecule has 0 aliphatic carbocycles. The first-order valence-corrected chi connectivity index (χ1v) is 7.49. The van der Waals surface area contributed by atoms with Crippen molar-refractivity contribution in [3.63, 3.8) is 0 Å². The first-order chi connectivity index (χ1) is 9.86. The van der Waals surface area contributed by atoms with Gasteiger partial charge in [-0.2, -0.15) is 0 Å². The topological polar surface area (TPSA) is 84.1 Å². The average molecular weight is 287 g/mol. The lowest BCUT2D eigenvalue weighted by atomic mass is 10.3. The molecule has 0 atom stereocenters. The minimum Gasteiger partial charge on any atom is -0.382 e. The predicted octanol–water partition coefficient (Wildman–Crippen LogP) is -0.456. The van der Waals surface area contributed by atoms with Crippen LogP contribution in [0.5, 0.6) is 0 Å². The van der Waals surface area contributed by atoms with E-state index in [-0.39, 0.29) is 0 Å². The van der Waals surface area contributed by atoms with Crippen molar-refractivity contribution in [1.82, 2.24) is 15.6 Å². The van der Waals surface area contributed by atoms with Gasteiger partial charge in [-0.25, -0.2) is 5.84 Å². The molecule has 7 heteroatoms. The van der Waals surface area contributed by atoms with Crippen LogP contribution in [0.4, 0.5) is 0 Å². The summed E-state index contributed by atoms with van der Waals surface area (Å²) in [4.78, 5) is 6.77. The number of nitrogens with one attached hydrogen (secondary N) is 2. The van der Waals surface area contributed by atoms with E-state index in [0.717, 1.165) is 72.0 Å². The van der Waals surface area contributed by atoms with Gasteiger partial charge in [0.05, 0.1) is 13.2 Å². The lowest BCUT2D eigenvalue weighted by Crippen LogP contribution is -2.43. The van der Waals surface area contributed by atoms with Gasteiger partial charge in [0.25, 0.3) is 0 Å². The highest BCUT2D eigenvalue weighted by molar-refractivity contribution is 5.79. The van der Waals surface area contributed by atoms with Gasteiger partial charge in [-0.1, -0.05) is 0 Å². The van der Waals surface area contributed by atoms with Crippen molar-refractivity contribution < 1.29 is 9.47 Å². The van der Waals surface area contributed by atoms with Crippen molar-refractivity contribution in [2.24, 2.45) is 10.8 Å². The maximum absolute atomic E-state index is 5.44. The Balaban J connectivity index is 2.03. The van der Waals surface area contributed by atoms with Crippen LogP contribution in [-0.2, 0) is 9.47 Å². The van der Waals surface area contributed by atoms with Gasteiger partial charge in [0.2, 0.25) is 5.96 Å². The highest BCUT2D eigenvalue weighted by Crippen LogP contribution is 1.97. The summed E-state index contributed by atoms with van der Waals surface area (Å²) >= 11 is 0. The van der Waals surface area contributed by atoms with Crippen molar-refractivity contribution in [1.29, 1.82) is 0 Å². The van der Waals surface area contributed by atoms with E-state index < -0.39 is 0 Å². The monoisotopic (exact) mass is 287 g/mol. The fourth-order valence-corrected chi connectivity index (χ4v) is 1.99. The summed E-state index contributed by atoms with van der Waals surface area (Å²) in [5, 5.41) is 3.22. The zero-order chi connectivity index (χ0) is 14.5. The average Bonchev–Trinajstić information content (AvgIpc) is 2.50. The first-order valence-electron chi connectivity index (χ1n) is 7.49. The summed E-state index contributed by atoms with van der Waals surface area (Å²) in [5.74, 6) is 6.09. The molecule has 0 bridgehead atoms. The third-order valence-electron chi connectivity index (χ3n) is 3.10. The van der Waals surface area contributed by atoms with Gasteiger partial charge in [0, 0.05) is 39.4 Å². The van der Waals surface area contributed by atoms with Crippen LogP contribution >= 0.6 is 0 Å². The molecule has 0 aromatic heterocycles. The third kappa shape index (κ3) is 8.31. The Morgan fingerprint density at radius 2 is 2.15 bits per heavy atom. The second-order valence-corrected chi connectivity index (χ2v) is 4.66. The third-order valence-corrected chi connectivity index (χ3v) is 3.10. The molecule has 1 aliphatic rings. The fraction of sp³-hybridized carbons (Fsp3) is 0.923. The molecule has 1 fully saturated rings. The standard InChI is InChI=1S/C13H29N5O2/c1-2-19-10-4-6-16-13(17-14)15-5-3-7-18-8-11-20-12-9-18/h2-12,14H2,1H3,(H2,15,16,17). The van der Waals surface area contributed by atoms with E-state index in [9.17, 15) is 0 Å². The van der Waals surface area contributed by atoms with Crippen LogP contribution in [0.25, 0.3) is 0 Å². The molecule has 0 saturated carbocycles. The Labute approximate surface area is 121 Å². The van der Waals surface area contributed by atoms with Crippen LogP contribution in [-0.4, -0.2) is 70.0 Å². The largest absolute Gasteiger partial charge is 0.382 e. The molecule has 1 rings (SSSR count). The number of hydrogen-bond acceptors (Lipinski definition) is 5. The zero-order valence-electron chi connectivity index (χ0n) is 12.6. The molecule has 118 valence electrons. The molecular weight excluding hydrogens is 258 g/mol. The number of hydrogen-bond donors (Lipinski definition) is 3. The van der Waals surface area contributed by atoms with E-state index in [4.69, 9.17) is 15.3 Å². The molecule has 1 heterocycles. The number of hydrazine groups is 1. The van der Waals surface area contributed by atoms with Crippen LogP contribution in [0, 0.1) is 0 Å². The number of guanidine groups is 1. The highest BCUT2D eigenvalue weighted by atomic mass is 16.5. The zero-order valence-corrected chi connectivity index (χ0v) is 12.6. The molecule has 0 amide bonds. The Kier molecular flexibility index (Phi) is 10.2. The Hall–Kier alpha value is -0.890. The molecule has 0 aromatic rings. The van der Waals surface area contributed by atoms with Crippen LogP contribution in [0.1, 0.15) is 19.8 Å². The van der Waals surface area contributed by atoms with E-state index in [0.29, 0.717) is 5.96 Å². The molecular formula is C13H29N5O2. The van der Waals surface area contributed by atoms with Gasteiger partial charge in [-0.05, 0) is 26.3 Å². The van der Waals surface area contributed by atoms with Crippen LogP contribution in [0.3, 0.4) is 0 Å². The van der Waals surface area contributed by atoms with Crippen molar-refractivity contribution in [3.8, 4) is 0 Å². The number of nitrogens with zero attached hydrogens (tertiary/aromatic N) is 2. The van der Waals surface area contributed by atoms with Crippen molar-refractivity contribution in [2.75, 3.05) is 59.2 Å². The van der Waals surface area contributed by atoms with Gasteiger partial charge in [-0.3, -0.25) is 15.3 Å². The highest BCUT2D eigenvalue weighted by Gasteiger charge is 2.09. The summed E-state index contributed by atoms with van der Waals surface area (Å²) in [6.07, 6.45) is 1.98. The van der Waals surface area contributed by atoms with Gasteiger partial charge in [0.15, 0.2) is 0 Å². The van der Waals surface area contributed by atoms with Crippen molar-refractivity contribution >= 4 is 5.96 Å². The SMILES string of the molecule is CCOCCCN=C(NN)NCCCN1CCOCC1. The number of ether oxygens (including phenoxy) is 2. The molecule has 0 aromatic carbocycles. The van der Waals surface area contributed by atoms with E-state index in [1.807, 2.05) is 6.92 Å². The lowest BCUT2D eigenvalue weighted by molar-refractivity contribution is 0.0376. The van der Waals surface area contributed by atoms with Gasteiger partial charge in [-0.15, -0.1) is 0 Å². The van der Waals surface area contributed by atoms with E-state index in [1.54, 1.807) is 0 Å². The molecule has 1 saturated heterocycles. The molecule has 0 spiro atoms. The van der Waals surface area contributed by atoms with Crippen molar-refractivity contribution in [2.45, 2.75) is 19.8 Å². The maximum atomic E-state index is 5.44. The number of nitrogens with two attached hydrogens (primary N) is 1. The van der Waals surface area contributed by atoms with Gasteiger partial charge in [0.1, 0.15) is 0 Å². The van der Waals surface area contributed by atoms with Crippen LogP contribution < -0.4 is 16.6 Å². The summed E-state index contributed by atoms with van der Waals surface area (Å²) in [6, 6.07) is 0. The first kappa shape index (κ1) is 17.2. The van der Waals surface area contributed by atoms with Crippen LogP contribution in [0.15, 0.2) is 4.99 Å². The molecule has 0 unspecified atom stereocenters. The lowest BCUT2D eigenvalue weighted by Gasteiger charge is -2.26. The second kappa shape index (κ2) is 11.9. The molecule has 1 aliphatic heterocycles. The Bertz CT molecular complexity index is 257. The minimum atomic E-state index is 0.656. The summed E-state index contributed by atoms with van der Waals surface area (Å²) in [7, 11) is 0. The van der Waals surface area contributed by atoms with Crippen molar-refractivity contribution in [3.05, 3.63) is 0 Å². The Morgan fingerprint density at radius 1 is 1.35 bits per heavy atom. The van der Waals surface area contributed by atoms with Crippen LogP contribution in [0.2, 0.25) is 0 Å². The molecule has 7 nitrogen and oxygen atoms in total. The van der Waals surface area contributed by atoms with Gasteiger partial charge < -0.3 is 14.8 Å². The molecule has 4 N–H and O–H groups in total. The summed E-state index contributed by atoms with van der Waals surface area (Å²) in [6.45, 7) is 9.93. The normalized spacial score (nSPS) is 17.2. The second-order valence-electron chi connectivity index (χ2n) is 4.66. The minimum absolute atomic E-state index is 0.656. The quantitative estimate of drug-likeness (QED) is 0.175. The summed E-state index contributed by atoms with van der Waals surface area (Å²) < 4.78 is 10.6. The van der Waals surface area contributed by atoms with Gasteiger partial charge >= 0.3 is 0 Å². The number of rotatable bonds is 9. The maximum Gasteiger partial charge on any atom is 0.205 e. The Morgan fingerprint density at radius 3 is 2.85 bits per heavy atom. The van der Waals surface area contributed by atoms with E-state index in [1.165, 1.54) is 0 Å². The number of morpholine rings is 1. The molecule has 0 radical (unpaired) electrons. The van der Waals surface area contributed by atoms with E-state index in [2.05, 4.69) is 20.6 Å². The molecule has 20 heavy (non-hydrogen) atoms.